The lowest BCUT2D eigenvalue weighted by Gasteiger charge is -2.22. The molecular formula is C20H19N3O5S. The van der Waals surface area contributed by atoms with E-state index in [9.17, 15) is 18.0 Å². The van der Waals surface area contributed by atoms with E-state index in [1.165, 1.54) is 4.31 Å². The van der Waals surface area contributed by atoms with Gasteiger partial charge in [-0.2, -0.15) is 0 Å². The van der Waals surface area contributed by atoms with Crippen LogP contribution < -0.4 is 9.86 Å². The Bertz CT molecular complexity index is 1170. The number of carbonyl (C=O) groups is 1. The van der Waals surface area contributed by atoms with Crippen LogP contribution in [0.1, 0.15) is 27.3 Å². The van der Waals surface area contributed by atoms with Crippen LogP contribution in [0, 0.1) is 0 Å². The molecule has 0 aliphatic carbocycles. The molecule has 0 unspecified atom stereocenters. The van der Waals surface area contributed by atoms with E-state index in [1.807, 2.05) is 30.3 Å². The van der Waals surface area contributed by atoms with Crippen molar-refractivity contribution in [2.75, 3.05) is 10.6 Å². The summed E-state index contributed by atoms with van der Waals surface area (Å²) in [4.78, 5) is 29.1. The number of hydrogen-bond acceptors (Lipinski definition) is 5. The summed E-state index contributed by atoms with van der Waals surface area (Å²) in [7, 11) is -3.49. The van der Waals surface area contributed by atoms with Crippen molar-refractivity contribution in [2.45, 2.75) is 13.0 Å². The Morgan fingerprint density at radius 1 is 1.07 bits per heavy atom. The van der Waals surface area contributed by atoms with Crippen LogP contribution >= 0.6 is 0 Å². The minimum atomic E-state index is -3.49. The van der Waals surface area contributed by atoms with Gasteiger partial charge in [-0.1, -0.05) is 42.5 Å². The fourth-order valence-electron chi connectivity index (χ4n) is 2.80. The Morgan fingerprint density at radius 3 is 2.28 bits per heavy atom. The van der Waals surface area contributed by atoms with Crippen LogP contribution in [0.5, 0.6) is 0 Å². The number of carboxylic acids is 1. The first-order chi connectivity index (χ1) is 13.7. The van der Waals surface area contributed by atoms with Crippen LogP contribution in [-0.2, 0) is 23.0 Å². The summed E-state index contributed by atoms with van der Waals surface area (Å²) in [6, 6.07) is 16.1. The predicted molar refractivity (Wildman–Crippen MR) is 109 cm³/mol. The first kappa shape index (κ1) is 20.3. The predicted octanol–water partition coefficient (Wildman–Crippen LogP) is 2.03. The van der Waals surface area contributed by atoms with E-state index >= 15 is 0 Å². The van der Waals surface area contributed by atoms with Gasteiger partial charge in [0.1, 0.15) is 11.4 Å². The van der Waals surface area contributed by atoms with E-state index < -0.39 is 27.1 Å². The topological polar surface area (TPSA) is 120 Å². The van der Waals surface area contributed by atoms with Gasteiger partial charge in [0.15, 0.2) is 0 Å². The van der Waals surface area contributed by atoms with Crippen molar-refractivity contribution in [3.8, 4) is 0 Å². The van der Waals surface area contributed by atoms with Crippen molar-refractivity contribution >= 4 is 21.7 Å². The Kier molecular flexibility index (Phi) is 5.79. The maximum Gasteiger partial charge on any atom is 0.342 e. The van der Waals surface area contributed by atoms with E-state index in [0.29, 0.717) is 11.5 Å². The third-order valence-corrected chi connectivity index (χ3v) is 5.39. The molecule has 0 spiro atoms. The first-order valence-electron chi connectivity index (χ1n) is 8.66. The zero-order valence-corrected chi connectivity index (χ0v) is 16.4. The summed E-state index contributed by atoms with van der Waals surface area (Å²) in [5.74, 6) is -1.02. The molecule has 2 aromatic carbocycles. The summed E-state index contributed by atoms with van der Waals surface area (Å²) in [5, 5.41) is 8.89. The number of nitrogens with zero attached hydrogens (tertiary/aromatic N) is 2. The molecule has 0 atom stereocenters. The van der Waals surface area contributed by atoms with E-state index in [2.05, 4.69) is 9.97 Å². The average molecular weight is 413 g/mol. The number of benzene rings is 2. The second kappa shape index (κ2) is 8.27. The molecule has 150 valence electrons. The number of nitrogens with one attached hydrogen (secondary N) is 1. The molecule has 0 fully saturated rings. The summed E-state index contributed by atoms with van der Waals surface area (Å²) >= 11 is 0. The standard InChI is InChI=1S/C20H19N3O5S/c1-29(27,28)23(13-15-5-3-2-4-6-15)16-9-7-14(8-10-16)11-18-21-12-17(20(25)26)19(24)22-18/h2-10,12H,11,13H2,1H3,(H,25,26)(H,21,22,24). The van der Waals surface area contributed by atoms with Crippen molar-refractivity contribution in [2.24, 2.45) is 0 Å². The van der Waals surface area contributed by atoms with Crippen molar-refractivity contribution in [3.63, 3.8) is 0 Å². The molecule has 1 aromatic heterocycles. The van der Waals surface area contributed by atoms with Crippen LogP contribution in [0.25, 0.3) is 0 Å². The molecule has 0 saturated carbocycles. The monoisotopic (exact) mass is 413 g/mol. The molecule has 0 aliphatic rings. The van der Waals surface area contributed by atoms with Gasteiger partial charge >= 0.3 is 5.97 Å². The number of aromatic nitrogens is 2. The summed E-state index contributed by atoms with van der Waals surface area (Å²) in [5.41, 5.74) is 1.03. The largest absolute Gasteiger partial charge is 0.477 e. The summed E-state index contributed by atoms with van der Waals surface area (Å²) in [6.07, 6.45) is 2.45. The molecule has 1 heterocycles. The number of carboxylic acid groups (broad SMARTS) is 1. The molecule has 0 saturated heterocycles. The highest BCUT2D eigenvalue weighted by Crippen LogP contribution is 2.21. The fourth-order valence-corrected chi connectivity index (χ4v) is 3.68. The minimum Gasteiger partial charge on any atom is -0.477 e. The van der Waals surface area contributed by atoms with Gasteiger partial charge < -0.3 is 10.1 Å². The average Bonchev–Trinajstić information content (AvgIpc) is 2.67. The number of anilines is 1. The fraction of sp³-hybridized carbons (Fsp3) is 0.150. The highest BCUT2D eigenvalue weighted by atomic mass is 32.2. The number of hydrogen-bond donors (Lipinski definition) is 2. The number of sulfonamides is 1. The molecule has 0 radical (unpaired) electrons. The SMILES string of the molecule is CS(=O)(=O)N(Cc1ccccc1)c1ccc(Cc2ncc(C(=O)O)c(=O)[nH]2)cc1. The quantitative estimate of drug-likeness (QED) is 0.611. The van der Waals surface area contributed by atoms with Gasteiger partial charge in [0.2, 0.25) is 10.0 Å². The molecule has 0 amide bonds. The van der Waals surface area contributed by atoms with Crippen LogP contribution in [0.3, 0.4) is 0 Å². The van der Waals surface area contributed by atoms with Crippen LogP contribution in [0.15, 0.2) is 65.6 Å². The molecular weight excluding hydrogens is 394 g/mol. The Hall–Kier alpha value is -3.46. The van der Waals surface area contributed by atoms with E-state index in [1.54, 1.807) is 24.3 Å². The lowest BCUT2D eigenvalue weighted by Crippen LogP contribution is -2.29. The Balaban J connectivity index is 1.81. The summed E-state index contributed by atoms with van der Waals surface area (Å²) < 4.78 is 25.8. The van der Waals surface area contributed by atoms with Crippen LogP contribution in [0.2, 0.25) is 0 Å². The normalized spacial score (nSPS) is 11.2. The third kappa shape index (κ3) is 5.08. The van der Waals surface area contributed by atoms with Gasteiger partial charge in [0, 0.05) is 12.6 Å². The maximum atomic E-state index is 12.3. The highest BCUT2D eigenvalue weighted by molar-refractivity contribution is 7.92. The second-order valence-electron chi connectivity index (χ2n) is 6.48. The first-order valence-corrected chi connectivity index (χ1v) is 10.5. The Morgan fingerprint density at radius 2 is 1.72 bits per heavy atom. The van der Waals surface area contributed by atoms with E-state index in [0.717, 1.165) is 23.6 Å². The van der Waals surface area contributed by atoms with Gasteiger partial charge in [-0.25, -0.2) is 18.2 Å². The molecule has 0 aliphatic heterocycles. The van der Waals surface area contributed by atoms with Crippen molar-refractivity contribution < 1.29 is 18.3 Å². The van der Waals surface area contributed by atoms with E-state index in [4.69, 9.17) is 5.11 Å². The number of rotatable bonds is 7. The lowest BCUT2D eigenvalue weighted by molar-refractivity contribution is 0.0694. The van der Waals surface area contributed by atoms with Gasteiger partial charge in [0.05, 0.1) is 18.5 Å². The van der Waals surface area contributed by atoms with Crippen molar-refractivity contribution in [1.29, 1.82) is 0 Å². The number of H-pyrrole nitrogens is 1. The van der Waals surface area contributed by atoms with Gasteiger partial charge in [0.25, 0.3) is 5.56 Å². The van der Waals surface area contributed by atoms with E-state index in [-0.39, 0.29) is 13.0 Å². The number of aromatic carboxylic acids is 1. The second-order valence-corrected chi connectivity index (χ2v) is 8.38. The zero-order valence-electron chi connectivity index (χ0n) is 15.6. The minimum absolute atomic E-state index is 0.213. The summed E-state index contributed by atoms with van der Waals surface area (Å²) in [6.45, 7) is 0.213. The van der Waals surface area contributed by atoms with Crippen LogP contribution in [-0.4, -0.2) is 35.7 Å². The molecule has 29 heavy (non-hydrogen) atoms. The molecule has 0 bridgehead atoms. The molecule has 8 nitrogen and oxygen atoms in total. The van der Waals surface area contributed by atoms with Crippen LogP contribution in [0.4, 0.5) is 5.69 Å². The molecule has 3 aromatic rings. The van der Waals surface area contributed by atoms with Gasteiger partial charge in [-0.05, 0) is 23.3 Å². The van der Waals surface area contributed by atoms with Gasteiger partial charge in [-0.15, -0.1) is 0 Å². The maximum absolute atomic E-state index is 12.3. The molecule has 2 N–H and O–H groups in total. The van der Waals surface area contributed by atoms with Crippen molar-refractivity contribution in [3.05, 3.63) is 93.7 Å². The smallest absolute Gasteiger partial charge is 0.342 e. The highest BCUT2D eigenvalue weighted by Gasteiger charge is 2.18. The lowest BCUT2D eigenvalue weighted by atomic mass is 10.1. The van der Waals surface area contributed by atoms with Crippen molar-refractivity contribution in [1.82, 2.24) is 9.97 Å². The Labute approximate surface area is 167 Å². The number of aromatic amines is 1. The molecule has 9 heteroatoms. The van der Waals surface area contributed by atoms with Gasteiger partial charge in [-0.3, -0.25) is 9.10 Å². The molecule has 3 rings (SSSR count). The third-order valence-electron chi connectivity index (χ3n) is 4.25. The zero-order chi connectivity index (χ0) is 21.0.